The fraction of sp³-hybridized carbons (Fsp3) is 0.222. The van der Waals surface area contributed by atoms with E-state index in [2.05, 4.69) is 16.8 Å². The Bertz CT molecular complexity index is 424. The Labute approximate surface area is 85.8 Å². The Morgan fingerprint density at radius 1 is 1.60 bits per heavy atom. The van der Waals surface area contributed by atoms with Crippen LogP contribution in [0.3, 0.4) is 0 Å². The molecule has 0 spiro atoms. The second-order valence-corrected chi connectivity index (χ2v) is 3.09. The Morgan fingerprint density at radius 3 is 3.00 bits per heavy atom. The maximum Gasteiger partial charge on any atom is 0.276 e. The predicted octanol–water partition coefficient (Wildman–Crippen LogP) is 0.831. The molecule has 2 rings (SSSR count). The number of alkyl halides is 1. The number of carbonyl (C=O) groups is 1. The first-order valence-electron chi connectivity index (χ1n) is 4.33. The van der Waals surface area contributed by atoms with Gasteiger partial charge in [0.2, 0.25) is 0 Å². The van der Waals surface area contributed by atoms with E-state index in [0.29, 0.717) is 17.2 Å². The normalized spacial score (nSPS) is 18.9. The topological polar surface area (TPSA) is 48.3 Å². The van der Waals surface area contributed by atoms with E-state index in [0.717, 1.165) is 5.01 Å². The lowest BCUT2D eigenvalue weighted by Gasteiger charge is -2.30. The van der Waals surface area contributed by atoms with Gasteiger partial charge in [-0.1, -0.05) is 6.58 Å². The van der Waals surface area contributed by atoms with Crippen LogP contribution < -0.4 is 0 Å². The maximum absolute atomic E-state index is 12.3. The van der Waals surface area contributed by atoms with Crippen molar-refractivity contribution >= 4 is 17.5 Å². The van der Waals surface area contributed by atoms with Crippen molar-refractivity contribution in [3.63, 3.8) is 0 Å². The summed E-state index contributed by atoms with van der Waals surface area (Å²) in [6.07, 6.45) is 3.02. The molecule has 2 aliphatic heterocycles. The van der Waals surface area contributed by atoms with E-state index in [1.807, 2.05) is 0 Å². The van der Waals surface area contributed by atoms with E-state index < -0.39 is 12.6 Å². The number of rotatable bonds is 1. The lowest BCUT2D eigenvalue weighted by atomic mass is 10.3. The summed E-state index contributed by atoms with van der Waals surface area (Å²) >= 11 is 0. The first-order valence-corrected chi connectivity index (χ1v) is 4.33. The zero-order valence-electron chi connectivity index (χ0n) is 8.14. The molecular formula is C9H9FN4O. The van der Waals surface area contributed by atoms with Crippen molar-refractivity contribution in [3.05, 3.63) is 24.6 Å². The van der Waals surface area contributed by atoms with Gasteiger partial charge in [0.05, 0.1) is 11.4 Å². The van der Waals surface area contributed by atoms with Gasteiger partial charge in [0, 0.05) is 12.3 Å². The summed E-state index contributed by atoms with van der Waals surface area (Å²) in [5.41, 5.74) is 1.12. The second-order valence-electron chi connectivity index (χ2n) is 3.09. The SMILES string of the molecule is C=C1C(C)=NN=C2C=CN(C(=O)CF)N12. The van der Waals surface area contributed by atoms with Crippen LogP contribution in [0.25, 0.3) is 0 Å². The largest absolute Gasteiger partial charge is 0.276 e. The van der Waals surface area contributed by atoms with E-state index in [9.17, 15) is 9.18 Å². The molecule has 5 nitrogen and oxygen atoms in total. The molecule has 0 fully saturated rings. The van der Waals surface area contributed by atoms with Crippen LogP contribution in [0.1, 0.15) is 6.92 Å². The van der Waals surface area contributed by atoms with Crippen LogP contribution in [0, 0.1) is 0 Å². The van der Waals surface area contributed by atoms with Crippen LogP contribution in [0.15, 0.2) is 34.8 Å². The molecule has 0 unspecified atom stereocenters. The third-order valence-corrected chi connectivity index (χ3v) is 2.14. The van der Waals surface area contributed by atoms with Gasteiger partial charge in [-0.15, -0.1) is 5.10 Å². The first-order chi connectivity index (χ1) is 7.15. The summed E-state index contributed by atoms with van der Waals surface area (Å²) in [4.78, 5) is 11.2. The third kappa shape index (κ3) is 1.34. The lowest BCUT2D eigenvalue weighted by molar-refractivity contribution is -0.136. The Morgan fingerprint density at radius 2 is 2.33 bits per heavy atom. The van der Waals surface area contributed by atoms with Crippen LogP contribution in [-0.4, -0.2) is 34.1 Å². The number of hydrogen-bond acceptors (Lipinski definition) is 4. The molecule has 0 aliphatic carbocycles. The van der Waals surface area contributed by atoms with Gasteiger partial charge in [0.25, 0.3) is 5.91 Å². The molecule has 2 aliphatic rings. The molecule has 0 radical (unpaired) electrons. The molecule has 15 heavy (non-hydrogen) atoms. The molecule has 6 heteroatoms. The Hall–Kier alpha value is -1.98. The number of hydrazine groups is 1. The average molecular weight is 208 g/mol. The maximum atomic E-state index is 12.3. The number of fused-ring (bicyclic) bond motifs is 1. The van der Waals surface area contributed by atoms with Crippen molar-refractivity contribution in [2.75, 3.05) is 6.67 Å². The van der Waals surface area contributed by atoms with Crippen molar-refractivity contribution in [2.45, 2.75) is 6.92 Å². The molecule has 0 aromatic heterocycles. The summed E-state index contributed by atoms with van der Waals surface area (Å²) < 4.78 is 12.3. The van der Waals surface area contributed by atoms with E-state index in [1.54, 1.807) is 13.0 Å². The highest BCUT2D eigenvalue weighted by Crippen LogP contribution is 2.21. The molecule has 0 aromatic carbocycles. The van der Waals surface area contributed by atoms with Gasteiger partial charge in [0.15, 0.2) is 12.5 Å². The van der Waals surface area contributed by atoms with Gasteiger partial charge < -0.3 is 0 Å². The highest BCUT2D eigenvalue weighted by molar-refractivity contribution is 6.09. The molecule has 0 saturated heterocycles. The number of amidine groups is 1. The highest BCUT2D eigenvalue weighted by Gasteiger charge is 2.31. The molecule has 1 amide bonds. The van der Waals surface area contributed by atoms with Crippen LogP contribution in [0.4, 0.5) is 4.39 Å². The first kappa shape index (κ1) is 9.57. The molecule has 0 saturated carbocycles. The number of amides is 1. The molecule has 0 N–H and O–H groups in total. The van der Waals surface area contributed by atoms with Crippen molar-refractivity contribution in [1.29, 1.82) is 0 Å². The van der Waals surface area contributed by atoms with Crippen LogP contribution in [-0.2, 0) is 4.79 Å². The number of carbonyl (C=O) groups excluding carboxylic acids is 1. The minimum absolute atomic E-state index is 0.465. The number of allylic oxidation sites excluding steroid dienone is 1. The average Bonchev–Trinajstić information content (AvgIpc) is 2.67. The molecule has 78 valence electrons. The van der Waals surface area contributed by atoms with Gasteiger partial charge in [-0.3, -0.25) is 4.79 Å². The van der Waals surface area contributed by atoms with Crippen LogP contribution in [0.5, 0.6) is 0 Å². The smallest absolute Gasteiger partial charge is 0.270 e. The van der Waals surface area contributed by atoms with Crippen LogP contribution >= 0.6 is 0 Å². The Balaban J connectivity index is 2.34. The standard InChI is InChI=1S/C9H9FN4O/c1-6-7(2)14-8(12-11-6)3-4-13(14)9(15)5-10/h3-4H,2,5H2,1H3. The fourth-order valence-electron chi connectivity index (χ4n) is 1.32. The zero-order chi connectivity index (χ0) is 11.0. The minimum atomic E-state index is -1.06. The van der Waals surface area contributed by atoms with Crippen molar-refractivity contribution in [1.82, 2.24) is 10.0 Å². The Kier molecular flexibility index (Phi) is 2.11. The van der Waals surface area contributed by atoms with Gasteiger partial charge in [-0.2, -0.15) is 5.10 Å². The summed E-state index contributed by atoms with van der Waals surface area (Å²) in [6, 6.07) is 0. The number of nitrogens with zero attached hydrogens (tertiary/aromatic N) is 4. The van der Waals surface area contributed by atoms with Crippen molar-refractivity contribution in [3.8, 4) is 0 Å². The quantitative estimate of drug-likeness (QED) is 0.640. The van der Waals surface area contributed by atoms with Crippen molar-refractivity contribution < 1.29 is 9.18 Å². The minimum Gasteiger partial charge on any atom is -0.270 e. The molecule has 2 heterocycles. The predicted molar refractivity (Wildman–Crippen MR) is 53.5 cm³/mol. The van der Waals surface area contributed by atoms with E-state index in [1.165, 1.54) is 11.2 Å². The molecule has 0 aromatic rings. The summed E-state index contributed by atoms with van der Waals surface area (Å²) in [5, 5.41) is 10.3. The fourth-order valence-corrected chi connectivity index (χ4v) is 1.32. The molecule has 0 bridgehead atoms. The van der Waals surface area contributed by atoms with Crippen molar-refractivity contribution in [2.24, 2.45) is 10.2 Å². The zero-order valence-corrected chi connectivity index (χ0v) is 8.14. The second kappa shape index (κ2) is 3.30. The molecular weight excluding hydrogens is 199 g/mol. The van der Waals surface area contributed by atoms with Gasteiger partial charge in [-0.25, -0.2) is 14.4 Å². The van der Waals surface area contributed by atoms with Crippen LogP contribution in [0.2, 0.25) is 0 Å². The van der Waals surface area contributed by atoms with Gasteiger partial charge in [0.1, 0.15) is 0 Å². The number of hydrogen-bond donors (Lipinski definition) is 0. The summed E-state index contributed by atoms with van der Waals surface area (Å²) in [6.45, 7) is 4.43. The summed E-state index contributed by atoms with van der Waals surface area (Å²) in [5.74, 6) is -0.195. The lowest BCUT2D eigenvalue weighted by Crippen LogP contribution is -2.44. The van der Waals surface area contributed by atoms with E-state index in [-0.39, 0.29) is 0 Å². The molecule has 0 atom stereocenters. The monoisotopic (exact) mass is 208 g/mol. The third-order valence-electron chi connectivity index (χ3n) is 2.14. The highest BCUT2D eigenvalue weighted by atomic mass is 19.1. The number of halogens is 1. The van der Waals surface area contributed by atoms with Gasteiger partial charge in [-0.05, 0) is 6.92 Å². The van der Waals surface area contributed by atoms with Gasteiger partial charge >= 0.3 is 0 Å². The van der Waals surface area contributed by atoms with E-state index in [4.69, 9.17) is 0 Å². The van der Waals surface area contributed by atoms with E-state index >= 15 is 0 Å². The summed E-state index contributed by atoms with van der Waals surface area (Å²) in [7, 11) is 0.